The molecule has 0 unspecified atom stereocenters. The fourth-order valence-corrected chi connectivity index (χ4v) is 2.12. The van der Waals surface area contributed by atoms with Crippen LogP contribution in [0.4, 0.5) is 0 Å². The third-order valence-electron chi connectivity index (χ3n) is 1.61. The summed E-state index contributed by atoms with van der Waals surface area (Å²) in [7, 11) is 0. The summed E-state index contributed by atoms with van der Waals surface area (Å²) in [5.41, 5.74) is 1.17. The Kier molecular flexibility index (Phi) is 1.80. The highest BCUT2D eigenvalue weighted by Gasteiger charge is 2.00. The Hall–Kier alpha value is -0.600. The van der Waals surface area contributed by atoms with Crippen LogP contribution in [0.3, 0.4) is 0 Å². The van der Waals surface area contributed by atoms with Crippen molar-refractivity contribution in [3.05, 3.63) is 30.0 Å². The number of alkyl halides is 1. The molecule has 0 spiro atoms. The Bertz CT molecular complexity index is 369. The number of halogens is 1. The number of fused-ring (bicyclic) bond motifs is 1. The molecule has 56 valence electrons. The molecule has 0 N–H and O–H groups in total. The second kappa shape index (κ2) is 2.80. The van der Waals surface area contributed by atoms with E-state index >= 15 is 0 Å². The molecule has 1 heterocycles. The second-order valence-electron chi connectivity index (χ2n) is 2.29. The molecular formula is C8H6ClNS. The van der Waals surface area contributed by atoms with Crippen LogP contribution in [0.1, 0.15) is 5.56 Å². The molecule has 0 radical (unpaired) electrons. The van der Waals surface area contributed by atoms with Crippen molar-refractivity contribution in [1.82, 2.24) is 4.37 Å². The molecule has 0 atom stereocenters. The first kappa shape index (κ1) is 7.07. The zero-order valence-electron chi connectivity index (χ0n) is 5.75. The van der Waals surface area contributed by atoms with Crippen LogP contribution < -0.4 is 0 Å². The number of rotatable bonds is 1. The van der Waals surface area contributed by atoms with Gasteiger partial charge in [-0.2, -0.15) is 4.37 Å². The van der Waals surface area contributed by atoms with Gasteiger partial charge in [-0.05, 0) is 17.1 Å². The normalized spacial score (nSPS) is 10.6. The summed E-state index contributed by atoms with van der Waals surface area (Å²) in [6.45, 7) is 0. The molecule has 11 heavy (non-hydrogen) atoms. The van der Waals surface area contributed by atoms with Gasteiger partial charge in [-0.3, -0.25) is 0 Å². The minimum absolute atomic E-state index is 0.569. The van der Waals surface area contributed by atoms with Crippen LogP contribution in [0.15, 0.2) is 24.4 Å². The van der Waals surface area contributed by atoms with Crippen molar-refractivity contribution in [2.45, 2.75) is 5.88 Å². The first-order chi connectivity index (χ1) is 5.42. The summed E-state index contributed by atoms with van der Waals surface area (Å²) >= 11 is 7.25. The number of hydrogen-bond donors (Lipinski definition) is 0. The largest absolute Gasteiger partial charge is 0.200 e. The highest BCUT2D eigenvalue weighted by Crippen LogP contribution is 2.23. The summed E-state index contributed by atoms with van der Waals surface area (Å²) in [5.74, 6) is 0.569. The van der Waals surface area contributed by atoms with E-state index in [9.17, 15) is 0 Å². The first-order valence-electron chi connectivity index (χ1n) is 3.30. The molecule has 0 aliphatic heterocycles. The number of nitrogens with zero attached hydrogens (tertiary/aromatic N) is 1. The van der Waals surface area contributed by atoms with Gasteiger partial charge in [0.05, 0.1) is 4.70 Å². The highest BCUT2D eigenvalue weighted by molar-refractivity contribution is 7.13. The van der Waals surface area contributed by atoms with Gasteiger partial charge in [-0.25, -0.2) is 0 Å². The lowest BCUT2D eigenvalue weighted by Gasteiger charge is -1.93. The number of hydrogen-bond acceptors (Lipinski definition) is 2. The van der Waals surface area contributed by atoms with E-state index in [0.29, 0.717) is 5.88 Å². The predicted molar refractivity (Wildman–Crippen MR) is 49.2 cm³/mol. The zero-order chi connectivity index (χ0) is 7.68. The molecule has 1 aromatic carbocycles. The van der Waals surface area contributed by atoms with Crippen LogP contribution in [0.2, 0.25) is 0 Å². The molecule has 2 aromatic rings. The van der Waals surface area contributed by atoms with E-state index in [1.807, 2.05) is 18.3 Å². The van der Waals surface area contributed by atoms with Gasteiger partial charge < -0.3 is 0 Å². The topological polar surface area (TPSA) is 12.9 Å². The fourth-order valence-electron chi connectivity index (χ4n) is 1.06. The third kappa shape index (κ3) is 1.12. The highest BCUT2D eigenvalue weighted by atomic mass is 35.5. The van der Waals surface area contributed by atoms with Crippen LogP contribution in [0.5, 0.6) is 0 Å². The van der Waals surface area contributed by atoms with Gasteiger partial charge in [0, 0.05) is 17.5 Å². The second-order valence-corrected chi connectivity index (χ2v) is 3.36. The van der Waals surface area contributed by atoms with Crippen molar-refractivity contribution < 1.29 is 0 Å². The molecule has 3 heteroatoms. The Morgan fingerprint density at radius 2 is 2.36 bits per heavy atom. The molecule has 2 rings (SSSR count). The standard InChI is InChI=1S/C8H6ClNS/c9-4-6-2-1-3-7-5-10-11-8(6)7/h1-3,5H,4H2. The molecule has 0 saturated carbocycles. The summed E-state index contributed by atoms with van der Waals surface area (Å²) in [6.07, 6.45) is 1.87. The summed E-state index contributed by atoms with van der Waals surface area (Å²) in [4.78, 5) is 0. The molecular weight excluding hydrogens is 178 g/mol. The molecule has 0 amide bonds. The van der Waals surface area contributed by atoms with Crippen LogP contribution in [0, 0.1) is 0 Å². The average Bonchev–Trinajstić information content (AvgIpc) is 2.50. The molecule has 0 aliphatic rings. The zero-order valence-corrected chi connectivity index (χ0v) is 7.32. The maximum Gasteiger partial charge on any atom is 0.0594 e. The average molecular weight is 184 g/mol. The van der Waals surface area contributed by atoms with E-state index < -0.39 is 0 Å². The van der Waals surface area contributed by atoms with Gasteiger partial charge in [0.15, 0.2) is 0 Å². The monoisotopic (exact) mass is 183 g/mol. The van der Waals surface area contributed by atoms with E-state index in [1.165, 1.54) is 27.2 Å². The molecule has 0 bridgehead atoms. The molecule has 0 saturated heterocycles. The molecule has 0 aliphatic carbocycles. The lowest BCUT2D eigenvalue weighted by Crippen LogP contribution is -1.74. The minimum atomic E-state index is 0.569. The molecule has 0 fully saturated rings. The van der Waals surface area contributed by atoms with E-state index in [0.717, 1.165) is 0 Å². The quantitative estimate of drug-likeness (QED) is 0.620. The SMILES string of the molecule is ClCc1cccc2cnsc12. The maximum atomic E-state index is 5.74. The molecule has 1 nitrogen and oxygen atoms in total. The van der Waals surface area contributed by atoms with Crippen molar-refractivity contribution in [2.75, 3.05) is 0 Å². The smallest absolute Gasteiger partial charge is 0.0594 e. The summed E-state index contributed by atoms with van der Waals surface area (Å²) in [5, 5.41) is 1.19. The summed E-state index contributed by atoms with van der Waals surface area (Å²) in [6, 6.07) is 6.09. The van der Waals surface area contributed by atoms with Gasteiger partial charge >= 0.3 is 0 Å². The molecule has 1 aromatic heterocycles. The Morgan fingerprint density at radius 3 is 3.18 bits per heavy atom. The Labute approximate surface area is 73.8 Å². The minimum Gasteiger partial charge on any atom is -0.200 e. The van der Waals surface area contributed by atoms with Gasteiger partial charge in [-0.15, -0.1) is 11.6 Å². The van der Waals surface area contributed by atoms with Crippen LogP contribution in [0.25, 0.3) is 10.1 Å². The van der Waals surface area contributed by atoms with E-state index in [-0.39, 0.29) is 0 Å². The number of aromatic nitrogens is 1. The van der Waals surface area contributed by atoms with E-state index in [4.69, 9.17) is 11.6 Å². The van der Waals surface area contributed by atoms with Crippen molar-refractivity contribution in [1.29, 1.82) is 0 Å². The first-order valence-corrected chi connectivity index (χ1v) is 4.61. The summed E-state index contributed by atoms with van der Waals surface area (Å²) < 4.78 is 5.30. The maximum absolute atomic E-state index is 5.74. The van der Waals surface area contributed by atoms with Crippen LogP contribution in [-0.2, 0) is 5.88 Å². The van der Waals surface area contributed by atoms with E-state index in [1.54, 1.807) is 0 Å². The van der Waals surface area contributed by atoms with Crippen molar-refractivity contribution >= 4 is 33.2 Å². The number of benzene rings is 1. The Balaban J connectivity index is 2.79. The fraction of sp³-hybridized carbons (Fsp3) is 0.125. The van der Waals surface area contributed by atoms with Gasteiger partial charge in [0.1, 0.15) is 0 Å². The third-order valence-corrected chi connectivity index (χ3v) is 2.79. The van der Waals surface area contributed by atoms with Crippen LogP contribution >= 0.6 is 23.1 Å². The van der Waals surface area contributed by atoms with Crippen molar-refractivity contribution in [3.8, 4) is 0 Å². The van der Waals surface area contributed by atoms with Crippen molar-refractivity contribution in [3.63, 3.8) is 0 Å². The van der Waals surface area contributed by atoms with Crippen molar-refractivity contribution in [2.24, 2.45) is 0 Å². The van der Waals surface area contributed by atoms with Crippen LogP contribution in [-0.4, -0.2) is 4.37 Å². The lowest BCUT2D eigenvalue weighted by molar-refractivity contribution is 1.47. The van der Waals surface area contributed by atoms with Gasteiger partial charge in [0.25, 0.3) is 0 Å². The van der Waals surface area contributed by atoms with Gasteiger partial charge in [0.2, 0.25) is 0 Å². The Morgan fingerprint density at radius 1 is 1.45 bits per heavy atom. The van der Waals surface area contributed by atoms with Gasteiger partial charge in [-0.1, -0.05) is 18.2 Å². The lowest BCUT2D eigenvalue weighted by atomic mass is 10.2. The van der Waals surface area contributed by atoms with E-state index in [2.05, 4.69) is 10.4 Å². The predicted octanol–water partition coefficient (Wildman–Crippen LogP) is 3.04.